The van der Waals surface area contributed by atoms with Crippen LogP contribution in [-0.2, 0) is 11.2 Å². The van der Waals surface area contributed by atoms with Gasteiger partial charge in [0.25, 0.3) is 0 Å². The maximum Gasteiger partial charge on any atom is 0.242 e. The predicted molar refractivity (Wildman–Crippen MR) is 116 cm³/mol. The van der Waals surface area contributed by atoms with E-state index in [0.29, 0.717) is 18.0 Å². The van der Waals surface area contributed by atoms with Crippen molar-refractivity contribution in [2.45, 2.75) is 25.0 Å². The minimum atomic E-state index is -0.220. The largest absolute Gasteiger partial charge is 0.362 e. The fourth-order valence-corrected chi connectivity index (χ4v) is 5.13. The number of anilines is 1. The molecule has 5 nitrogen and oxygen atoms in total. The van der Waals surface area contributed by atoms with Crippen molar-refractivity contribution in [2.24, 2.45) is 0 Å². The van der Waals surface area contributed by atoms with E-state index in [-0.39, 0.29) is 18.1 Å². The quantitative estimate of drug-likeness (QED) is 0.758. The van der Waals surface area contributed by atoms with Gasteiger partial charge in [-0.2, -0.15) is 0 Å². The minimum absolute atomic E-state index is 0.0176. The Morgan fingerprint density at radius 2 is 1.86 bits per heavy atom. The van der Waals surface area contributed by atoms with Gasteiger partial charge in [-0.05, 0) is 23.8 Å². The van der Waals surface area contributed by atoms with Gasteiger partial charge in [-0.25, -0.2) is 0 Å². The lowest BCUT2D eigenvalue weighted by Crippen LogP contribution is -2.50. The smallest absolute Gasteiger partial charge is 0.242 e. The number of hydrogen-bond acceptors (Lipinski definition) is 4. The third-order valence-electron chi connectivity index (χ3n) is 6.19. The topological polar surface area (TPSA) is 47.6 Å². The number of carbonyl (C=O) groups is 1. The predicted octanol–water partition coefficient (Wildman–Crippen LogP) is 4.01. The van der Waals surface area contributed by atoms with Crippen LogP contribution >= 0.6 is 23.2 Å². The van der Waals surface area contributed by atoms with Gasteiger partial charge in [-0.3, -0.25) is 9.69 Å². The molecule has 5 rings (SSSR count). The molecule has 2 unspecified atom stereocenters. The highest BCUT2D eigenvalue weighted by molar-refractivity contribution is 6.32. The molecule has 1 amide bonds. The molecule has 150 valence electrons. The Hall–Kier alpha value is -2.21. The molecule has 0 saturated carbocycles. The van der Waals surface area contributed by atoms with Crippen LogP contribution in [0.3, 0.4) is 0 Å². The molecule has 0 fully saturated rings. The van der Waals surface area contributed by atoms with Gasteiger partial charge in [-0.15, -0.1) is 0 Å². The van der Waals surface area contributed by atoms with Gasteiger partial charge in [0.1, 0.15) is 6.17 Å². The molecule has 2 aromatic carbocycles. The molecule has 0 aliphatic carbocycles. The molecule has 0 radical (unpaired) electrons. The number of benzene rings is 2. The third-order valence-corrected chi connectivity index (χ3v) is 6.89. The normalized spacial score (nSPS) is 24.1. The van der Waals surface area contributed by atoms with Crippen LogP contribution in [0.15, 0.2) is 53.9 Å². The number of carbonyl (C=O) groups excluding carboxylic acids is 1. The molecule has 0 aromatic heterocycles. The molecule has 2 N–H and O–H groups in total. The van der Waals surface area contributed by atoms with Gasteiger partial charge in [0.05, 0.1) is 6.04 Å². The van der Waals surface area contributed by atoms with Crippen molar-refractivity contribution in [2.75, 3.05) is 25.5 Å². The molecule has 0 bridgehead atoms. The summed E-state index contributed by atoms with van der Waals surface area (Å²) in [5.74, 6) is 0.0397. The summed E-state index contributed by atoms with van der Waals surface area (Å²) < 4.78 is 0. The lowest BCUT2D eigenvalue weighted by Gasteiger charge is -2.37. The summed E-state index contributed by atoms with van der Waals surface area (Å²) in [6, 6.07) is 13.4. The molecule has 0 saturated heterocycles. The average Bonchev–Trinajstić information content (AvgIpc) is 3.04. The summed E-state index contributed by atoms with van der Waals surface area (Å²) in [5, 5.41) is 8.13. The van der Waals surface area contributed by atoms with Crippen LogP contribution in [0.1, 0.15) is 23.7 Å². The Morgan fingerprint density at radius 3 is 2.69 bits per heavy atom. The van der Waals surface area contributed by atoms with E-state index in [4.69, 9.17) is 23.2 Å². The fraction of sp³-hybridized carbons (Fsp3) is 0.318. The van der Waals surface area contributed by atoms with Crippen LogP contribution in [0.5, 0.6) is 0 Å². The molecule has 29 heavy (non-hydrogen) atoms. The Kier molecular flexibility index (Phi) is 4.69. The van der Waals surface area contributed by atoms with Crippen LogP contribution in [-0.4, -0.2) is 41.9 Å². The second kappa shape index (κ2) is 7.24. The van der Waals surface area contributed by atoms with E-state index < -0.39 is 0 Å². The molecular formula is C22H22Cl2N4O. The summed E-state index contributed by atoms with van der Waals surface area (Å²) in [6.45, 7) is 1.54. The van der Waals surface area contributed by atoms with E-state index in [9.17, 15) is 4.79 Å². The van der Waals surface area contributed by atoms with E-state index in [1.165, 1.54) is 11.4 Å². The number of fused-ring (bicyclic) bond motifs is 1. The van der Waals surface area contributed by atoms with Crippen molar-refractivity contribution < 1.29 is 4.79 Å². The van der Waals surface area contributed by atoms with Gasteiger partial charge in [-0.1, -0.05) is 47.5 Å². The van der Waals surface area contributed by atoms with Crippen molar-refractivity contribution >= 4 is 34.8 Å². The minimum Gasteiger partial charge on any atom is -0.362 e. The number of amides is 1. The van der Waals surface area contributed by atoms with Gasteiger partial charge >= 0.3 is 0 Å². The maximum absolute atomic E-state index is 12.8. The summed E-state index contributed by atoms with van der Waals surface area (Å²) >= 11 is 12.8. The summed E-state index contributed by atoms with van der Waals surface area (Å²) in [6.07, 6.45) is 1.54. The first-order valence-electron chi connectivity index (χ1n) is 9.81. The second-order valence-corrected chi connectivity index (χ2v) is 8.61. The number of rotatable bonds is 2. The zero-order valence-electron chi connectivity index (χ0n) is 16.1. The molecule has 2 aromatic rings. The van der Waals surface area contributed by atoms with Crippen molar-refractivity contribution in [3.05, 3.63) is 75.0 Å². The maximum atomic E-state index is 12.8. The van der Waals surface area contributed by atoms with Crippen LogP contribution in [0.4, 0.5) is 5.69 Å². The second-order valence-electron chi connectivity index (χ2n) is 7.80. The number of nitrogens with zero attached hydrogens (tertiary/aromatic N) is 2. The van der Waals surface area contributed by atoms with Crippen LogP contribution < -0.4 is 10.6 Å². The Morgan fingerprint density at radius 1 is 1.07 bits per heavy atom. The lowest BCUT2D eigenvalue weighted by atomic mass is 9.96. The monoisotopic (exact) mass is 428 g/mol. The van der Waals surface area contributed by atoms with Crippen molar-refractivity contribution in [1.29, 1.82) is 0 Å². The van der Waals surface area contributed by atoms with E-state index >= 15 is 0 Å². The third kappa shape index (κ3) is 3.18. The standard InChI is InChI=1S/C22H22Cl2N4O/c1-27-19-9-10-28(12-18(19)25-21(27)13-5-2-3-6-15(13)23)20-11-14-16(24)7-4-8-17(14)26-22(20)29/h2-8,20-21,25H,9-12H2,1H3,(H,26,29). The van der Waals surface area contributed by atoms with E-state index in [1.807, 2.05) is 36.4 Å². The molecule has 3 aliphatic heterocycles. The molecule has 3 aliphatic rings. The number of halogens is 2. The van der Waals surface area contributed by atoms with Gasteiger partial charge in [0.2, 0.25) is 5.91 Å². The Bertz CT molecular complexity index is 1020. The van der Waals surface area contributed by atoms with Crippen LogP contribution in [0.2, 0.25) is 10.0 Å². The highest BCUT2D eigenvalue weighted by Gasteiger charge is 2.39. The van der Waals surface area contributed by atoms with Crippen molar-refractivity contribution in [1.82, 2.24) is 15.1 Å². The van der Waals surface area contributed by atoms with E-state index in [0.717, 1.165) is 34.8 Å². The molecule has 2 atom stereocenters. The van der Waals surface area contributed by atoms with Gasteiger partial charge in [0, 0.05) is 65.7 Å². The Labute approximate surface area is 180 Å². The highest BCUT2D eigenvalue weighted by Crippen LogP contribution is 2.38. The lowest BCUT2D eigenvalue weighted by molar-refractivity contribution is -0.121. The summed E-state index contributed by atoms with van der Waals surface area (Å²) in [4.78, 5) is 17.3. The van der Waals surface area contributed by atoms with Crippen molar-refractivity contribution in [3.63, 3.8) is 0 Å². The first-order valence-corrected chi connectivity index (χ1v) is 10.6. The van der Waals surface area contributed by atoms with Crippen LogP contribution in [0, 0.1) is 0 Å². The number of hydrogen-bond donors (Lipinski definition) is 2. The fourth-order valence-electron chi connectivity index (χ4n) is 4.64. The Balaban J connectivity index is 1.36. The van der Waals surface area contributed by atoms with Gasteiger partial charge < -0.3 is 15.5 Å². The number of nitrogens with one attached hydrogen (secondary N) is 2. The molecule has 0 spiro atoms. The average molecular weight is 429 g/mol. The van der Waals surface area contributed by atoms with Crippen LogP contribution in [0.25, 0.3) is 0 Å². The first kappa shape index (κ1) is 18.8. The zero-order valence-corrected chi connectivity index (χ0v) is 17.6. The van der Waals surface area contributed by atoms with E-state index in [2.05, 4.69) is 33.5 Å². The van der Waals surface area contributed by atoms with E-state index in [1.54, 1.807) is 0 Å². The van der Waals surface area contributed by atoms with Gasteiger partial charge in [0.15, 0.2) is 0 Å². The zero-order chi connectivity index (χ0) is 20.1. The molecule has 3 heterocycles. The summed E-state index contributed by atoms with van der Waals surface area (Å²) in [7, 11) is 2.10. The highest BCUT2D eigenvalue weighted by atomic mass is 35.5. The molecular weight excluding hydrogens is 407 g/mol. The summed E-state index contributed by atoms with van der Waals surface area (Å²) in [5.41, 5.74) is 5.37. The molecule has 7 heteroatoms. The first-order chi connectivity index (χ1) is 14.0. The SMILES string of the molecule is CN1C2=C(CN(C3Cc4c(Cl)cccc4NC3=O)CC2)NC1c1ccccc1Cl. The van der Waals surface area contributed by atoms with Crippen molar-refractivity contribution in [3.8, 4) is 0 Å².